The van der Waals surface area contributed by atoms with Gasteiger partial charge in [0.1, 0.15) is 5.76 Å². The van der Waals surface area contributed by atoms with Gasteiger partial charge in [0.05, 0.1) is 25.3 Å². The Morgan fingerprint density at radius 1 is 1.43 bits per heavy atom. The van der Waals surface area contributed by atoms with E-state index in [9.17, 15) is 9.18 Å². The van der Waals surface area contributed by atoms with Crippen molar-refractivity contribution in [3.8, 4) is 11.8 Å². The van der Waals surface area contributed by atoms with Crippen LogP contribution in [0.4, 0.5) is 4.39 Å². The summed E-state index contributed by atoms with van der Waals surface area (Å²) in [5.74, 6) is -0.299. The van der Waals surface area contributed by atoms with Crippen LogP contribution in [0.2, 0.25) is 0 Å². The predicted molar refractivity (Wildman–Crippen MR) is 84.0 cm³/mol. The third-order valence-electron chi connectivity index (χ3n) is 3.02. The molecule has 5 nitrogen and oxygen atoms in total. The fraction of sp³-hybridized carbons (Fsp3) is 0.250. The summed E-state index contributed by atoms with van der Waals surface area (Å²) in [6, 6.07) is 9.78. The van der Waals surface area contributed by atoms with Crippen molar-refractivity contribution in [2.45, 2.75) is 13.0 Å². The maximum atomic E-state index is 13.7. The normalized spacial score (nSPS) is 10.1. The van der Waals surface area contributed by atoms with E-state index in [2.05, 4.69) is 15.9 Å². The summed E-state index contributed by atoms with van der Waals surface area (Å²) >= 11 is 3.15. The molecule has 1 heterocycles. The van der Waals surface area contributed by atoms with Crippen LogP contribution in [0.15, 0.2) is 45.5 Å². The molecular formula is C16H14BrFN2O3. The van der Waals surface area contributed by atoms with Gasteiger partial charge < -0.3 is 14.1 Å². The highest BCUT2D eigenvalue weighted by Crippen LogP contribution is 2.21. The minimum absolute atomic E-state index is 0.000202. The second-order valence-corrected chi connectivity index (χ2v) is 5.58. The van der Waals surface area contributed by atoms with Gasteiger partial charge in [-0.2, -0.15) is 5.26 Å². The molecule has 0 bridgehead atoms. The number of hydrogen-bond donors (Lipinski definition) is 0. The first kappa shape index (κ1) is 17.0. The summed E-state index contributed by atoms with van der Waals surface area (Å²) < 4.78 is 24.7. The zero-order valence-corrected chi connectivity index (χ0v) is 13.8. The molecule has 0 aliphatic heterocycles. The van der Waals surface area contributed by atoms with Crippen molar-refractivity contribution in [2.24, 2.45) is 0 Å². The van der Waals surface area contributed by atoms with E-state index in [1.54, 1.807) is 18.2 Å². The first-order chi connectivity index (χ1) is 11.1. The summed E-state index contributed by atoms with van der Waals surface area (Å²) in [7, 11) is 0. The van der Waals surface area contributed by atoms with Crippen molar-refractivity contribution in [3.63, 3.8) is 0 Å². The summed E-state index contributed by atoms with van der Waals surface area (Å²) in [6.07, 6.45) is 1.70. The Labute approximate surface area is 141 Å². The molecule has 120 valence electrons. The second kappa shape index (κ2) is 8.34. The average molecular weight is 381 g/mol. The van der Waals surface area contributed by atoms with Crippen molar-refractivity contribution in [1.29, 1.82) is 5.26 Å². The van der Waals surface area contributed by atoms with Crippen LogP contribution < -0.4 is 4.74 Å². The van der Waals surface area contributed by atoms with Crippen molar-refractivity contribution >= 4 is 21.8 Å². The molecule has 1 aromatic heterocycles. The Bertz CT molecular complexity index is 698. The Morgan fingerprint density at radius 2 is 2.26 bits per heavy atom. The van der Waals surface area contributed by atoms with Crippen LogP contribution in [0.5, 0.6) is 5.75 Å². The van der Waals surface area contributed by atoms with Crippen LogP contribution in [0.3, 0.4) is 0 Å². The predicted octanol–water partition coefficient (Wildman–Crippen LogP) is 3.50. The van der Waals surface area contributed by atoms with Gasteiger partial charge in [0.15, 0.2) is 18.2 Å². The molecule has 0 unspecified atom stereocenters. The molecule has 23 heavy (non-hydrogen) atoms. The quantitative estimate of drug-likeness (QED) is 0.736. The number of benzene rings is 1. The fourth-order valence-corrected chi connectivity index (χ4v) is 2.22. The van der Waals surface area contributed by atoms with Gasteiger partial charge in [0.25, 0.3) is 5.91 Å². The molecule has 0 radical (unpaired) electrons. The van der Waals surface area contributed by atoms with Crippen molar-refractivity contribution in [1.82, 2.24) is 4.90 Å². The van der Waals surface area contributed by atoms with E-state index in [1.807, 2.05) is 6.07 Å². The van der Waals surface area contributed by atoms with Crippen molar-refractivity contribution in [3.05, 3.63) is 52.6 Å². The Hall–Kier alpha value is -2.33. The Kier molecular flexibility index (Phi) is 6.18. The van der Waals surface area contributed by atoms with Gasteiger partial charge in [-0.1, -0.05) is 15.9 Å². The molecule has 0 N–H and O–H groups in total. The lowest BCUT2D eigenvalue weighted by Crippen LogP contribution is -2.35. The number of amides is 1. The van der Waals surface area contributed by atoms with E-state index in [0.29, 0.717) is 10.2 Å². The van der Waals surface area contributed by atoms with Gasteiger partial charge in [-0.25, -0.2) is 4.39 Å². The van der Waals surface area contributed by atoms with Gasteiger partial charge in [0, 0.05) is 11.0 Å². The van der Waals surface area contributed by atoms with E-state index >= 15 is 0 Å². The number of nitriles is 1. The summed E-state index contributed by atoms with van der Waals surface area (Å²) in [5.41, 5.74) is 0. The Balaban J connectivity index is 1.97. The fourth-order valence-electron chi connectivity index (χ4n) is 1.89. The lowest BCUT2D eigenvalue weighted by Gasteiger charge is -2.20. The molecule has 2 rings (SSSR count). The van der Waals surface area contributed by atoms with E-state index in [4.69, 9.17) is 14.4 Å². The SMILES string of the molecule is N#CCCN(Cc1ccco1)C(=O)COc1ccc(Br)cc1F. The topological polar surface area (TPSA) is 66.5 Å². The lowest BCUT2D eigenvalue weighted by atomic mass is 10.3. The molecule has 0 atom stereocenters. The highest BCUT2D eigenvalue weighted by Gasteiger charge is 2.16. The smallest absolute Gasteiger partial charge is 0.260 e. The van der Waals surface area contributed by atoms with Crippen LogP contribution in [0, 0.1) is 17.1 Å². The maximum Gasteiger partial charge on any atom is 0.260 e. The third kappa shape index (κ3) is 5.11. The minimum Gasteiger partial charge on any atom is -0.481 e. The van der Waals surface area contributed by atoms with E-state index in [0.717, 1.165) is 0 Å². The number of rotatable bonds is 7. The van der Waals surface area contributed by atoms with Crippen LogP contribution in [-0.2, 0) is 11.3 Å². The van der Waals surface area contributed by atoms with Gasteiger partial charge in [0.2, 0.25) is 0 Å². The first-order valence-corrected chi connectivity index (χ1v) is 7.64. The van der Waals surface area contributed by atoms with Gasteiger partial charge in [-0.15, -0.1) is 0 Å². The lowest BCUT2D eigenvalue weighted by molar-refractivity contribution is -0.134. The molecule has 0 spiro atoms. The van der Waals surface area contributed by atoms with Gasteiger partial charge in [-0.05, 0) is 30.3 Å². The zero-order chi connectivity index (χ0) is 16.7. The number of furan rings is 1. The molecular weight excluding hydrogens is 367 g/mol. The molecule has 0 saturated carbocycles. The number of hydrogen-bond acceptors (Lipinski definition) is 4. The molecule has 1 aromatic carbocycles. The van der Waals surface area contributed by atoms with Crippen LogP contribution in [0.25, 0.3) is 0 Å². The molecule has 0 aliphatic rings. The van der Waals surface area contributed by atoms with Crippen LogP contribution in [0.1, 0.15) is 12.2 Å². The first-order valence-electron chi connectivity index (χ1n) is 6.85. The van der Waals surface area contributed by atoms with Gasteiger partial charge >= 0.3 is 0 Å². The average Bonchev–Trinajstić information content (AvgIpc) is 3.03. The molecule has 0 saturated heterocycles. The van der Waals surface area contributed by atoms with Crippen LogP contribution >= 0.6 is 15.9 Å². The van der Waals surface area contributed by atoms with Crippen LogP contribution in [-0.4, -0.2) is 24.0 Å². The summed E-state index contributed by atoms with van der Waals surface area (Å²) in [6.45, 7) is 0.173. The maximum absolute atomic E-state index is 13.7. The van der Waals surface area contributed by atoms with Crippen molar-refractivity contribution < 1.29 is 18.3 Å². The van der Waals surface area contributed by atoms with E-state index < -0.39 is 5.82 Å². The third-order valence-corrected chi connectivity index (χ3v) is 3.51. The molecule has 2 aromatic rings. The number of halogens is 2. The molecule has 1 amide bonds. The highest BCUT2D eigenvalue weighted by atomic mass is 79.9. The number of ether oxygens (including phenoxy) is 1. The number of carbonyl (C=O) groups excluding carboxylic acids is 1. The molecule has 0 aliphatic carbocycles. The molecule has 7 heteroatoms. The minimum atomic E-state index is -0.554. The summed E-state index contributed by atoms with van der Waals surface area (Å²) in [4.78, 5) is 13.7. The van der Waals surface area contributed by atoms with E-state index in [1.165, 1.54) is 23.3 Å². The van der Waals surface area contributed by atoms with Gasteiger partial charge in [-0.3, -0.25) is 4.79 Å². The molecule has 0 fully saturated rings. The zero-order valence-electron chi connectivity index (χ0n) is 12.2. The number of carbonyl (C=O) groups is 1. The second-order valence-electron chi connectivity index (χ2n) is 4.67. The van der Waals surface area contributed by atoms with E-state index in [-0.39, 0.29) is 37.8 Å². The monoisotopic (exact) mass is 380 g/mol. The summed E-state index contributed by atoms with van der Waals surface area (Å²) in [5, 5.41) is 8.70. The number of nitrogens with zero attached hydrogens (tertiary/aromatic N) is 2. The largest absolute Gasteiger partial charge is 0.481 e. The Morgan fingerprint density at radius 3 is 2.91 bits per heavy atom. The van der Waals surface area contributed by atoms with Crippen molar-refractivity contribution in [2.75, 3.05) is 13.2 Å². The standard InChI is InChI=1S/C16H14BrFN2O3/c17-12-4-5-15(14(18)9-12)23-11-16(21)20(7-2-6-19)10-13-3-1-8-22-13/h1,3-5,8-9H,2,7,10-11H2. The highest BCUT2D eigenvalue weighted by molar-refractivity contribution is 9.10.